The van der Waals surface area contributed by atoms with Crippen molar-refractivity contribution in [2.24, 2.45) is 0 Å². The highest BCUT2D eigenvalue weighted by molar-refractivity contribution is 9.11. The number of thiophene rings is 2. The molecule has 0 aliphatic heterocycles. The highest BCUT2D eigenvalue weighted by Gasteiger charge is 2.22. The van der Waals surface area contributed by atoms with Crippen LogP contribution in [0.15, 0.2) is 22.0 Å². The van der Waals surface area contributed by atoms with Gasteiger partial charge in [-0.15, -0.1) is 22.7 Å². The van der Waals surface area contributed by atoms with E-state index in [4.69, 9.17) is 10.5 Å². The minimum absolute atomic E-state index is 0.364. The molecular formula is C13H14BrNO2S2. The molecule has 2 aromatic heterocycles. The number of hydrogen-bond donors (Lipinski definition) is 1. The lowest BCUT2D eigenvalue weighted by Crippen LogP contribution is -2.23. The Morgan fingerprint density at radius 3 is 2.47 bits per heavy atom. The third-order valence-corrected chi connectivity index (χ3v) is 5.11. The van der Waals surface area contributed by atoms with Crippen LogP contribution in [0.3, 0.4) is 0 Å². The number of nitrogen functional groups attached to an aromatic ring is 1. The standard InChI is InChI=1S/C13H14BrNO2S2/c1-13(2,3)17-12(16)11-7(15)6-9(19-11)8-4-5-10(14)18-8/h4-6H,15H2,1-3H3. The average molecular weight is 360 g/mol. The molecule has 2 rings (SSSR count). The van der Waals surface area contributed by atoms with E-state index in [1.807, 2.05) is 39.0 Å². The van der Waals surface area contributed by atoms with Crippen LogP contribution >= 0.6 is 38.6 Å². The van der Waals surface area contributed by atoms with Crippen molar-refractivity contribution >= 4 is 50.3 Å². The van der Waals surface area contributed by atoms with Crippen molar-refractivity contribution in [1.82, 2.24) is 0 Å². The van der Waals surface area contributed by atoms with Crippen molar-refractivity contribution in [3.8, 4) is 9.75 Å². The summed E-state index contributed by atoms with van der Waals surface area (Å²) in [7, 11) is 0. The summed E-state index contributed by atoms with van der Waals surface area (Å²) in [5.41, 5.74) is 5.86. The second-order valence-corrected chi connectivity index (χ2v) is 8.52. The third kappa shape index (κ3) is 3.58. The Kier molecular flexibility index (Phi) is 4.03. The summed E-state index contributed by atoms with van der Waals surface area (Å²) in [5, 5.41) is 0. The summed E-state index contributed by atoms with van der Waals surface area (Å²) in [6.07, 6.45) is 0. The zero-order valence-electron chi connectivity index (χ0n) is 10.8. The van der Waals surface area contributed by atoms with Gasteiger partial charge < -0.3 is 10.5 Å². The van der Waals surface area contributed by atoms with E-state index < -0.39 is 5.60 Å². The molecule has 2 aromatic rings. The molecule has 0 saturated heterocycles. The van der Waals surface area contributed by atoms with Crippen molar-refractivity contribution in [2.75, 3.05) is 5.73 Å². The molecule has 0 amide bonds. The van der Waals surface area contributed by atoms with Gasteiger partial charge in [0.25, 0.3) is 0 Å². The number of anilines is 1. The van der Waals surface area contributed by atoms with Gasteiger partial charge in [0.05, 0.1) is 9.47 Å². The summed E-state index contributed by atoms with van der Waals surface area (Å²) in [6.45, 7) is 5.52. The van der Waals surface area contributed by atoms with Crippen LogP contribution in [0.5, 0.6) is 0 Å². The van der Waals surface area contributed by atoms with Crippen LogP contribution < -0.4 is 5.73 Å². The zero-order valence-corrected chi connectivity index (χ0v) is 14.0. The first-order valence-electron chi connectivity index (χ1n) is 5.64. The van der Waals surface area contributed by atoms with Crippen LogP contribution in [0.25, 0.3) is 9.75 Å². The van der Waals surface area contributed by atoms with Crippen molar-refractivity contribution in [3.05, 3.63) is 26.9 Å². The SMILES string of the molecule is CC(C)(C)OC(=O)c1sc(-c2ccc(Br)s2)cc1N. The van der Waals surface area contributed by atoms with Gasteiger partial charge in [-0.2, -0.15) is 0 Å². The lowest BCUT2D eigenvalue weighted by atomic mass is 10.2. The number of nitrogens with two attached hydrogens (primary N) is 1. The van der Waals surface area contributed by atoms with Crippen LogP contribution in [0.1, 0.15) is 30.4 Å². The number of esters is 1. The maximum atomic E-state index is 12.0. The minimum Gasteiger partial charge on any atom is -0.456 e. The van der Waals surface area contributed by atoms with Gasteiger partial charge in [0.1, 0.15) is 10.5 Å². The molecule has 0 bridgehead atoms. The largest absolute Gasteiger partial charge is 0.456 e. The van der Waals surface area contributed by atoms with Gasteiger partial charge in [0.15, 0.2) is 0 Å². The molecule has 0 fully saturated rings. The van der Waals surface area contributed by atoms with Crippen LogP contribution in [0.2, 0.25) is 0 Å². The van der Waals surface area contributed by atoms with E-state index >= 15 is 0 Å². The van der Waals surface area contributed by atoms with E-state index in [-0.39, 0.29) is 5.97 Å². The number of ether oxygens (including phenoxy) is 1. The number of carbonyl (C=O) groups is 1. The van der Waals surface area contributed by atoms with Crippen molar-refractivity contribution in [3.63, 3.8) is 0 Å². The molecule has 0 aliphatic rings. The molecule has 6 heteroatoms. The average Bonchev–Trinajstić information content (AvgIpc) is 2.82. The summed E-state index contributed by atoms with van der Waals surface area (Å²) in [5.74, 6) is -0.364. The molecule has 0 aromatic carbocycles. The summed E-state index contributed by atoms with van der Waals surface area (Å²) >= 11 is 6.40. The van der Waals surface area contributed by atoms with E-state index in [1.54, 1.807) is 11.3 Å². The molecule has 2 heterocycles. The third-order valence-electron chi connectivity index (χ3n) is 2.16. The Balaban J connectivity index is 2.29. The highest BCUT2D eigenvalue weighted by atomic mass is 79.9. The summed E-state index contributed by atoms with van der Waals surface area (Å²) in [6, 6.07) is 5.80. The zero-order chi connectivity index (χ0) is 14.2. The van der Waals surface area contributed by atoms with E-state index in [0.29, 0.717) is 10.6 Å². The minimum atomic E-state index is -0.514. The Bertz CT molecular complexity index is 610. The van der Waals surface area contributed by atoms with Crippen molar-refractivity contribution in [1.29, 1.82) is 0 Å². The molecule has 2 N–H and O–H groups in total. The summed E-state index contributed by atoms with van der Waals surface area (Å²) in [4.78, 5) is 14.6. The molecule has 0 radical (unpaired) electrons. The predicted octanol–water partition coefficient (Wildman–Crippen LogP) is 4.78. The maximum Gasteiger partial charge on any atom is 0.350 e. The fourth-order valence-electron chi connectivity index (χ4n) is 1.46. The second-order valence-electron chi connectivity index (χ2n) is 5.00. The van der Waals surface area contributed by atoms with E-state index in [2.05, 4.69) is 15.9 Å². The normalized spacial score (nSPS) is 11.6. The van der Waals surface area contributed by atoms with E-state index in [0.717, 1.165) is 13.5 Å². The fraction of sp³-hybridized carbons (Fsp3) is 0.308. The number of rotatable bonds is 2. The first-order chi connectivity index (χ1) is 8.76. The van der Waals surface area contributed by atoms with Gasteiger partial charge in [-0.1, -0.05) is 0 Å². The fourth-order valence-corrected chi connectivity index (χ4v) is 3.88. The molecule has 102 valence electrons. The van der Waals surface area contributed by atoms with E-state index in [1.165, 1.54) is 11.3 Å². The van der Waals surface area contributed by atoms with Gasteiger partial charge in [-0.05, 0) is 54.9 Å². The molecule has 0 unspecified atom stereocenters. The Morgan fingerprint density at radius 1 is 1.26 bits per heavy atom. The van der Waals surface area contributed by atoms with Gasteiger partial charge >= 0.3 is 5.97 Å². The highest BCUT2D eigenvalue weighted by Crippen LogP contribution is 2.39. The molecule has 0 aliphatic carbocycles. The quantitative estimate of drug-likeness (QED) is 0.785. The first-order valence-corrected chi connectivity index (χ1v) is 8.07. The maximum absolute atomic E-state index is 12.0. The predicted molar refractivity (Wildman–Crippen MR) is 84.9 cm³/mol. The van der Waals surface area contributed by atoms with E-state index in [9.17, 15) is 4.79 Å². The van der Waals surface area contributed by atoms with Gasteiger partial charge in [0.2, 0.25) is 0 Å². The van der Waals surface area contributed by atoms with Gasteiger partial charge in [-0.25, -0.2) is 4.79 Å². The monoisotopic (exact) mass is 359 g/mol. The topological polar surface area (TPSA) is 52.3 Å². The Labute approximate surface area is 128 Å². The Morgan fingerprint density at radius 2 is 1.95 bits per heavy atom. The van der Waals surface area contributed by atoms with Crippen molar-refractivity contribution < 1.29 is 9.53 Å². The van der Waals surface area contributed by atoms with Crippen LogP contribution in [-0.2, 0) is 4.74 Å². The molecule has 3 nitrogen and oxygen atoms in total. The van der Waals surface area contributed by atoms with Gasteiger partial charge in [-0.3, -0.25) is 0 Å². The van der Waals surface area contributed by atoms with Crippen LogP contribution in [0.4, 0.5) is 5.69 Å². The molecular weight excluding hydrogens is 346 g/mol. The van der Waals surface area contributed by atoms with Crippen LogP contribution in [-0.4, -0.2) is 11.6 Å². The molecule has 0 spiro atoms. The van der Waals surface area contributed by atoms with Crippen molar-refractivity contribution in [2.45, 2.75) is 26.4 Å². The number of carbonyl (C=O) groups excluding carboxylic acids is 1. The molecule has 19 heavy (non-hydrogen) atoms. The smallest absolute Gasteiger partial charge is 0.350 e. The Hall–Kier alpha value is -0.850. The number of hydrogen-bond acceptors (Lipinski definition) is 5. The van der Waals surface area contributed by atoms with Gasteiger partial charge in [0, 0.05) is 9.75 Å². The lowest BCUT2D eigenvalue weighted by molar-refractivity contribution is 0.00764. The lowest BCUT2D eigenvalue weighted by Gasteiger charge is -2.18. The number of halogens is 1. The second kappa shape index (κ2) is 5.26. The molecule has 0 saturated carbocycles. The molecule has 0 atom stereocenters. The summed E-state index contributed by atoms with van der Waals surface area (Å²) < 4.78 is 6.39. The first kappa shape index (κ1) is 14.6. The van der Waals surface area contributed by atoms with Crippen LogP contribution in [0, 0.1) is 0 Å².